The maximum Gasteiger partial charge on any atom is 0.264 e. The number of sulfonamides is 1. The van der Waals surface area contributed by atoms with E-state index >= 15 is 0 Å². The molecule has 4 aromatic rings. The minimum Gasteiger partial charge on any atom is -0.469 e. The van der Waals surface area contributed by atoms with Crippen LogP contribution in [0.1, 0.15) is 12.6 Å². The van der Waals surface area contributed by atoms with E-state index in [2.05, 4.69) is 24.9 Å². The Morgan fingerprint density at radius 1 is 1.19 bits per heavy atom. The largest absolute Gasteiger partial charge is 0.469 e. The number of anilines is 1. The number of benzene rings is 2. The van der Waals surface area contributed by atoms with E-state index in [9.17, 15) is 17.2 Å². The van der Waals surface area contributed by atoms with Crippen molar-refractivity contribution >= 4 is 38.3 Å². The smallest absolute Gasteiger partial charge is 0.264 e. The fourth-order valence-corrected chi connectivity index (χ4v) is 5.56. The lowest BCUT2D eigenvalue weighted by atomic mass is 10.2. The zero-order valence-corrected chi connectivity index (χ0v) is 21.4. The van der Waals surface area contributed by atoms with Crippen LogP contribution >= 0.6 is 11.6 Å². The Morgan fingerprint density at radius 3 is 2.65 bits per heavy atom. The summed E-state index contributed by atoms with van der Waals surface area (Å²) < 4.78 is 62.4. The molecule has 2 aromatic heterocycles. The molecule has 0 amide bonds. The molecule has 9 nitrogen and oxygen atoms in total. The van der Waals surface area contributed by atoms with Gasteiger partial charge in [0.25, 0.3) is 10.0 Å². The Hall–Kier alpha value is -3.35. The van der Waals surface area contributed by atoms with Gasteiger partial charge in [-0.05, 0) is 55.9 Å². The topological polar surface area (TPSA) is 113 Å². The van der Waals surface area contributed by atoms with Crippen LogP contribution in [0, 0.1) is 12.7 Å². The Kier molecular flexibility index (Phi) is 6.73. The third-order valence-corrected chi connectivity index (χ3v) is 7.76. The van der Waals surface area contributed by atoms with E-state index in [4.69, 9.17) is 16.3 Å². The minimum absolute atomic E-state index is 0.0933. The highest BCUT2D eigenvalue weighted by atomic mass is 35.5. The van der Waals surface area contributed by atoms with Gasteiger partial charge in [-0.2, -0.15) is 10.1 Å². The number of hydrogen-bond donors (Lipinski definition) is 2. The van der Waals surface area contributed by atoms with Crippen molar-refractivity contribution in [3.05, 3.63) is 59.0 Å². The number of likely N-dealkylation sites (N-methyl/N-ethyl adjacent to an activating group) is 1. The molecule has 3 heterocycles. The fraction of sp³-hybridized carbons (Fsp3) is 0.292. The van der Waals surface area contributed by atoms with Crippen molar-refractivity contribution in [3.8, 4) is 17.3 Å². The average Bonchev–Trinajstić information content (AvgIpc) is 3.42. The molecule has 0 unspecified atom stereocenters. The number of rotatable bonds is 7. The molecule has 37 heavy (non-hydrogen) atoms. The molecule has 0 radical (unpaired) electrons. The number of aromatic amines is 1. The van der Waals surface area contributed by atoms with Gasteiger partial charge in [0.1, 0.15) is 22.2 Å². The van der Waals surface area contributed by atoms with Crippen molar-refractivity contribution in [1.82, 2.24) is 25.1 Å². The summed E-state index contributed by atoms with van der Waals surface area (Å²) in [4.78, 5) is 10.5. The highest BCUT2D eigenvalue weighted by molar-refractivity contribution is 7.92. The summed E-state index contributed by atoms with van der Waals surface area (Å²) in [7, 11) is -4.22. The van der Waals surface area contributed by atoms with E-state index in [0.717, 1.165) is 18.7 Å². The number of fused-ring (bicyclic) bond motifs is 1. The van der Waals surface area contributed by atoms with Crippen molar-refractivity contribution < 1.29 is 21.9 Å². The molecular weight excluding hydrogens is 526 g/mol. The Bertz CT molecular complexity index is 1570. The van der Waals surface area contributed by atoms with Crippen LogP contribution < -0.4 is 9.46 Å². The maximum absolute atomic E-state index is 14.6. The molecule has 0 aliphatic carbocycles. The van der Waals surface area contributed by atoms with Crippen LogP contribution in [-0.4, -0.2) is 65.4 Å². The monoisotopic (exact) mass is 548 g/mol. The molecule has 5 rings (SSSR count). The fourth-order valence-electron chi connectivity index (χ4n) is 4.16. The average molecular weight is 549 g/mol. The predicted octanol–water partition coefficient (Wildman–Crippen LogP) is 4.34. The van der Waals surface area contributed by atoms with Crippen LogP contribution in [0.5, 0.6) is 5.88 Å². The van der Waals surface area contributed by atoms with Gasteiger partial charge >= 0.3 is 0 Å². The minimum atomic E-state index is -4.22. The molecule has 1 aliphatic heterocycles. The number of alkyl halides is 1. The molecule has 0 bridgehead atoms. The number of nitrogens with one attached hydrogen (secondary N) is 2. The van der Waals surface area contributed by atoms with E-state index in [0.29, 0.717) is 35.4 Å². The van der Waals surface area contributed by atoms with Crippen LogP contribution in [0.3, 0.4) is 0 Å². The standard InChI is InChI=1S/C24H23ClF2N6O3S/c1-3-33-11-18(27)19(12-33)36-24-21-13(2)30-31-23(21)28-22(29-24)14-4-7-16(8-5-14)32-37(34,35)20-10-15(25)6-9-17(20)26/h4-10,18-19,32H,3,11-12H2,1-2H3,(H,28,29,30,31)/t18-,19+/m0/s1. The lowest BCUT2D eigenvalue weighted by Crippen LogP contribution is -2.28. The summed E-state index contributed by atoms with van der Waals surface area (Å²) in [5.74, 6) is -0.419. The summed E-state index contributed by atoms with van der Waals surface area (Å²) in [6.45, 7) is 5.19. The number of hydrogen-bond acceptors (Lipinski definition) is 7. The lowest BCUT2D eigenvalue weighted by molar-refractivity contribution is 0.135. The van der Waals surface area contributed by atoms with E-state index in [1.807, 2.05) is 11.8 Å². The molecule has 13 heteroatoms. The van der Waals surface area contributed by atoms with Crippen molar-refractivity contribution in [3.63, 3.8) is 0 Å². The molecule has 1 aliphatic rings. The number of aromatic nitrogens is 4. The van der Waals surface area contributed by atoms with Crippen molar-refractivity contribution in [2.45, 2.75) is 31.0 Å². The molecule has 0 saturated carbocycles. The number of likely N-dealkylation sites (tertiary alicyclic amines) is 1. The quantitative estimate of drug-likeness (QED) is 0.353. The van der Waals surface area contributed by atoms with Gasteiger partial charge in [-0.1, -0.05) is 18.5 Å². The van der Waals surface area contributed by atoms with Gasteiger partial charge < -0.3 is 4.74 Å². The normalized spacial score (nSPS) is 18.4. The van der Waals surface area contributed by atoms with Crippen LogP contribution in [0.15, 0.2) is 47.4 Å². The van der Waals surface area contributed by atoms with Gasteiger partial charge in [0.05, 0.1) is 5.69 Å². The summed E-state index contributed by atoms with van der Waals surface area (Å²) in [6, 6.07) is 9.49. The second-order valence-electron chi connectivity index (χ2n) is 8.67. The predicted molar refractivity (Wildman–Crippen MR) is 136 cm³/mol. The van der Waals surface area contributed by atoms with Crippen LogP contribution in [0.4, 0.5) is 14.5 Å². The third kappa shape index (κ3) is 5.09. The molecule has 0 spiro atoms. The summed E-state index contributed by atoms with van der Waals surface area (Å²) in [5, 5.41) is 7.69. The summed E-state index contributed by atoms with van der Waals surface area (Å²) >= 11 is 5.83. The van der Waals surface area contributed by atoms with Crippen molar-refractivity contribution in [2.24, 2.45) is 0 Å². The second kappa shape index (κ2) is 9.84. The first-order chi connectivity index (χ1) is 17.6. The number of H-pyrrole nitrogens is 1. The first-order valence-corrected chi connectivity index (χ1v) is 13.3. The van der Waals surface area contributed by atoms with Crippen LogP contribution in [0.2, 0.25) is 5.02 Å². The first-order valence-electron chi connectivity index (χ1n) is 11.5. The highest BCUT2D eigenvalue weighted by Crippen LogP contribution is 2.31. The molecule has 2 N–H and O–H groups in total. The van der Waals surface area contributed by atoms with E-state index in [-0.39, 0.29) is 22.4 Å². The molecule has 2 aromatic carbocycles. The second-order valence-corrected chi connectivity index (χ2v) is 10.8. The van der Waals surface area contributed by atoms with Gasteiger partial charge in [-0.25, -0.2) is 22.2 Å². The highest BCUT2D eigenvalue weighted by Gasteiger charge is 2.35. The van der Waals surface area contributed by atoms with Gasteiger partial charge in [0, 0.05) is 29.4 Å². The van der Waals surface area contributed by atoms with E-state index < -0.39 is 33.0 Å². The van der Waals surface area contributed by atoms with E-state index in [1.54, 1.807) is 19.1 Å². The Labute approximate surface area is 216 Å². The number of nitrogens with zero attached hydrogens (tertiary/aromatic N) is 4. The zero-order valence-electron chi connectivity index (χ0n) is 19.9. The molecule has 1 saturated heterocycles. The van der Waals surface area contributed by atoms with Crippen LogP contribution in [-0.2, 0) is 10.0 Å². The van der Waals surface area contributed by atoms with Gasteiger partial charge in [-0.3, -0.25) is 14.7 Å². The van der Waals surface area contributed by atoms with Crippen molar-refractivity contribution in [2.75, 3.05) is 24.4 Å². The summed E-state index contributed by atoms with van der Waals surface area (Å²) in [5.41, 5.74) is 1.80. The SMILES string of the molecule is CCN1C[C@H](F)[C@H](Oc2nc(-c3ccc(NS(=O)(=O)c4cc(Cl)ccc4F)cc3)nc3[nH]nc(C)c23)C1. The van der Waals surface area contributed by atoms with Crippen molar-refractivity contribution in [1.29, 1.82) is 0 Å². The third-order valence-electron chi connectivity index (χ3n) is 6.13. The first kappa shape index (κ1) is 25.3. The number of halogens is 3. The Balaban J connectivity index is 1.43. The number of aryl methyl sites for hydroxylation is 1. The molecule has 2 atom stereocenters. The zero-order chi connectivity index (χ0) is 26.3. The lowest BCUT2D eigenvalue weighted by Gasteiger charge is -2.16. The number of ether oxygens (including phenoxy) is 1. The summed E-state index contributed by atoms with van der Waals surface area (Å²) in [6.07, 6.45) is -1.83. The van der Waals surface area contributed by atoms with Gasteiger partial charge in [-0.15, -0.1) is 0 Å². The van der Waals surface area contributed by atoms with Crippen LogP contribution in [0.25, 0.3) is 22.4 Å². The molecule has 194 valence electrons. The maximum atomic E-state index is 14.6. The molecular formula is C24H23ClF2N6O3S. The van der Waals surface area contributed by atoms with Gasteiger partial charge in [0.15, 0.2) is 17.6 Å². The van der Waals surface area contributed by atoms with E-state index in [1.165, 1.54) is 18.2 Å². The molecule has 1 fully saturated rings. The Morgan fingerprint density at radius 2 is 1.95 bits per heavy atom. The van der Waals surface area contributed by atoms with Gasteiger partial charge in [0.2, 0.25) is 5.88 Å².